The fourth-order valence-corrected chi connectivity index (χ4v) is 5.24. The van der Waals surface area contributed by atoms with E-state index >= 15 is 0 Å². The van der Waals surface area contributed by atoms with Gasteiger partial charge in [0.05, 0.1) is 31.4 Å². The van der Waals surface area contributed by atoms with Crippen LogP contribution in [0.2, 0.25) is 5.02 Å². The standard InChI is InChI=1S/C26H20ClN3O4/c1-33-25(32)26(15-28)21(20-7-4-14-34-20)22(24(31)29-18-10-8-17(27)9-11-18)30-13-12-16-5-2-3-6-19(16)23(26)30/h2-14,21-23H,1H3,(H,29,31)/t21-,22+,23-,26-/m1/s1. The molecule has 1 aromatic heterocycles. The third-order valence-electron chi connectivity index (χ3n) is 6.51. The molecule has 2 aliphatic rings. The number of amides is 1. The Balaban J connectivity index is 1.70. The highest BCUT2D eigenvalue weighted by atomic mass is 35.5. The molecule has 0 aliphatic carbocycles. The van der Waals surface area contributed by atoms with Crippen molar-refractivity contribution in [1.82, 2.24) is 4.90 Å². The molecule has 0 radical (unpaired) electrons. The van der Waals surface area contributed by atoms with Crippen molar-refractivity contribution < 1.29 is 18.7 Å². The summed E-state index contributed by atoms with van der Waals surface area (Å²) in [5.41, 5.74) is 0.424. The minimum absolute atomic E-state index is 0.350. The Morgan fingerprint density at radius 3 is 2.59 bits per heavy atom. The Morgan fingerprint density at radius 1 is 1.15 bits per heavy atom. The van der Waals surface area contributed by atoms with Crippen LogP contribution in [0.25, 0.3) is 6.08 Å². The Kier molecular flexibility index (Phi) is 5.39. The molecule has 3 aromatic rings. The monoisotopic (exact) mass is 473 g/mol. The maximum atomic E-state index is 13.8. The van der Waals surface area contributed by atoms with Crippen molar-refractivity contribution in [3.8, 4) is 6.07 Å². The number of nitrogens with one attached hydrogen (secondary N) is 1. The van der Waals surface area contributed by atoms with Crippen molar-refractivity contribution >= 4 is 35.2 Å². The summed E-state index contributed by atoms with van der Waals surface area (Å²) in [7, 11) is 1.25. The number of carbonyl (C=O) groups is 2. The maximum Gasteiger partial charge on any atom is 0.329 e. The molecule has 1 amide bonds. The van der Waals surface area contributed by atoms with E-state index in [2.05, 4.69) is 11.4 Å². The average molecular weight is 474 g/mol. The van der Waals surface area contributed by atoms with Crippen LogP contribution in [0, 0.1) is 16.7 Å². The number of carbonyl (C=O) groups excluding carboxylic acids is 2. The van der Waals surface area contributed by atoms with E-state index in [0.717, 1.165) is 11.1 Å². The molecule has 5 rings (SSSR count). The quantitative estimate of drug-likeness (QED) is 0.549. The van der Waals surface area contributed by atoms with Gasteiger partial charge in [-0.2, -0.15) is 5.26 Å². The fraction of sp³-hybridized carbons (Fsp3) is 0.192. The molecule has 0 bridgehead atoms. The second kappa shape index (κ2) is 8.40. The molecule has 170 valence electrons. The van der Waals surface area contributed by atoms with Crippen LogP contribution in [0.1, 0.15) is 28.8 Å². The molecule has 0 unspecified atom stereocenters. The number of methoxy groups -OCH3 is 1. The third kappa shape index (κ3) is 3.18. The summed E-state index contributed by atoms with van der Waals surface area (Å²) >= 11 is 5.98. The van der Waals surface area contributed by atoms with Crippen molar-refractivity contribution in [2.24, 2.45) is 5.41 Å². The first-order chi connectivity index (χ1) is 16.5. The molecular weight excluding hydrogens is 454 g/mol. The number of nitrogens with zero attached hydrogens (tertiary/aromatic N) is 2. The second-order valence-corrected chi connectivity index (χ2v) is 8.64. The van der Waals surface area contributed by atoms with Crippen LogP contribution in [0.15, 0.2) is 77.5 Å². The summed E-state index contributed by atoms with van der Waals surface area (Å²) in [5.74, 6) is -1.70. The molecule has 4 atom stereocenters. The van der Waals surface area contributed by atoms with Gasteiger partial charge in [0.2, 0.25) is 5.91 Å². The Morgan fingerprint density at radius 2 is 1.91 bits per heavy atom. The van der Waals surface area contributed by atoms with Crippen molar-refractivity contribution in [2.45, 2.75) is 18.0 Å². The zero-order valence-corrected chi connectivity index (χ0v) is 18.9. The summed E-state index contributed by atoms with van der Waals surface area (Å²) in [6.07, 6.45) is 5.10. The molecule has 34 heavy (non-hydrogen) atoms. The normalized spacial score (nSPS) is 24.6. The summed E-state index contributed by atoms with van der Waals surface area (Å²) in [6.45, 7) is 0. The summed E-state index contributed by atoms with van der Waals surface area (Å²) in [5, 5.41) is 14.0. The molecular formula is C26H20ClN3O4. The molecule has 2 aromatic carbocycles. The summed E-state index contributed by atoms with van der Waals surface area (Å²) < 4.78 is 10.9. The third-order valence-corrected chi connectivity index (χ3v) is 6.76. The fourth-order valence-electron chi connectivity index (χ4n) is 5.12. The van der Waals surface area contributed by atoms with Crippen molar-refractivity contribution in [2.75, 3.05) is 12.4 Å². The zero-order chi connectivity index (χ0) is 23.9. The number of hydrogen-bond donors (Lipinski definition) is 1. The number of ether oxygens (including phenoxy) is 1. The summed E-state index contributed by atoms with van der Waals surface area (Å²) in [6, 6.07) is 18.1. The van der Waals surface area contributed by atoms with Gasteiger partial charge in [0.25, 0.3) is 0 Å². The number of hydrogen-bond acceptors (Lipinski definition) is 6. The van der Waals surface area contributed by atoms with Gasteiger partial charge in [-0.25, -0.2) is 0 Å². The van der Waals surface area contributed by atoms with E-state index in [1.807, 2.05) is 30.3 Å². The van der Waals surface area contributed by atoms with E-state index in [1.165, 1.54) is 13.4 Å². The Bertz CT molecular complexity index is 1310. The number of halogens is 1. The lowest BCUT2D eigenvalue weighted by atomic mass is 9.68. The minimum atomic E-state index is -1.74. The lowest BCUT2D eigenvalue weighted by Gasteiger charge is -2.35. The molecule has 7 nitrogen and oxygen atoms in total. The number of fused-ring (bicyclic) bond motifs is 3. The zero-order valence-electron chi connectivity index (χ0n) is 18.1. The Labute approximate surface area is 201 Å². The number of esters is 1. The van der Waals surface area contributed by atoms with E-state index in [4.69, 9.17) is 20.8 Å². The van der Waals surface area contributed by atoms with Crippen LogP contribution >= 0.6 is 11.6 Å². The highest BCUT2D eigenvalue weighted by Gasteiger charge is 2.68. The highest BCUT2D eigenvalue weighted by molar-refractivity contribution is 6.30. The topological polar surface area (TPSA) is 95.6 Å². The van der Waals surface area contributed by atoms with Crippen LogP contribution in [-0.4, -0.2) is 29.9 Å². The van der Waals surface area contributed by atoms with Crippen LogP contribution in [0.3, 0.4) is 0 Å². The SMILES string of the molecule is COC(=O)[C@]1(C#N)[C@H](c2ccco2)[C@@H](C(=O)Nc2ccc(Cl)cc2)N2C=Cc3ccccc3[C@@H]21. The van der Waals surface area contributed by atoms with Crippen LogP contribution < -0.4 is 5.32 Å². The first kappa shape index (κ1) is 21.8. The Hall–Kier alpha value is -4.02. The molecule has 2 aliphatic heterocycles. The van der Waals surface area contributed by atoms with Crippen molar-refractivity contribution in [1.29, 1.82) is 5.26 Å². The largest absolute Gasteiger partial charge is 0.469 e. The lowest BCUT2D eigenvalue weighted by molar-refractivity contribution is -0.151. The summed E-state index contributed by atoms with van der Waals surface area (Å²) in [4.78, 5) is 28.9. The van der Waals surface area contributed by atoms with E-state index in [1.54, 1.807) is 47.5 Å². The predicted octanol–water partition coefficient (Wildman–Crippen LogP) is 4.75. The van der Waals surface area contributed by atoms with E-state index in [0.29, 0.717) is 16.5 Å². The molecule has 3 heterocycles. The van der Waals surface area contributed by atoms with Gasteiger partial charge in [0.15, 0.2) is 5.41 Å². The van der Waals surface area contributed by atoms with Crippen LogP contribution in [0.5, 0.6) is 0 Å². The van der Waals surface area contributed by atoms with E-state index in [9.17, 15) is 14.9 Å². The molecule has 1 N–H and O–H groups in total. The van der Waals surface area contributed by atoms with Gasteiger partial charge < -0.3 is 19.4 Å². The number of benzene rings is 2. The van der Waals surface area contributed by atoms with Gasteiger partial charge in [0.1, 0.15) is 11.8 Å². The van der Waals surface area contributed by atoms with Gasteiger partial charge >= 0.3 is 5.97 Å². The smallest absolute Gasteiger partial charge is 0.329 e. The van der Waals surface area contributed by atoms with Gasteiger partial charge in [-0.05, 0) is 53.6 Å². The predicted molar refractivity (Wildman–Crippen MR) is 125 cm³/mol. The van der Waals surface area contributed by atoms with E-state index in [-0.39, 0.29) is 0 Å². The first-order valence-electron chi connectivity index (χ1n) is 10.7. The number of nitriles is 1. The first-order valence-corrected chi connectivity index (χ1v) is 11.0. The second-order valence-electron chi connectivity index (χ2n) is 8.20. The molecule has 8 heteroatoms. The van der Waals surface area contributed by atoms with Crippen LogP contribution in [-0.2, 0) is 14.3 Å². The average Bonchev–Trinajstić information content (AvgIpc) is 3.49. The lowest BCUT2D eigenvalue weighted by Crippen LogP contribution is -2.42. The van der Waals surface area contributed by atoms with E-state index < -0.39 is 35.3 Å². The highest BCUT2D eigenvalue weighted by Crippen LogP contribution is 2.60. The van der Waals surface area contributed by atoms with Crippen molar-refractivity contribution in [3.63, 3.8) is 0 Å². The van der Waals surface area contributed by atoms with Crippen LogP contribution in [0.4, 0.5) is 5.69 Å². The molecule has 0 saturated carbocycles. The number of rotatable bonds is 4. The van der Waals surface area contributed by atoms with Gasteiger partial charge in [0, 0.05) is 16.9 Å². The van der Waals surface area contributed by atoms with Gasteiger partial charge in [-0.15, -0.1) is 0 Å². The molecule has 0 spiro atoms. The number of furan rings is 1. The maximum absolute atomic E-state index is 13.8. The molecule has 1 fully saturated rings. The van der Waals surface area contributed by atoms with Gasteiger partial charge in [-0.1, -0.05) is 35.9 Å². The van der Waals surface area contributed by atoms with Crippen molar-refractivity contribution in [3.05, 3.63) is 95.0 Å². The van der Waals surface area contributed by atoms with Gasteiger partial charge in [-0.3, -0.25) is 9.59 Å². The molecule has 1 saturated heterocycles. The minimum Gasteiger partial charge on any atom is -0.469 e. The number of anilines is 1.